The first-order valence-electron chi connectivity index (χ1n) is 11.7. The molecular formula is C26H29BrN4O3S. The zero-order valence-electron chi connectivity index (χ0n) is 20.1. The highest BCUT2D eigenvalue weighted by molar-refractivity contribution is 9.10. The minimum Gasteiger partial charge on any atom is -0.489 e. The van der Waals surface area contributed by atoms with Crippen LogP contribution in [0.15, 0.2) is 69.4 Å². The lowest BCUT2D eigenvalue weighted by molar-refractivity contribution is -0.139. The SMILES string of the molecule is CCCOC(=O)C1=C(C)Nc2nc(SCCC)nn2C1c1cc(Br)ccc1OCc1ccccc1. The number of aromatic nitrogens is 3. The molecule has 1 aliphatic rings. The number of anilines is 1. The highest BCUT2D eigenvalue weighted by atomic mass is 79.9. The third-order valence-corrected chi connectivity index (χ3v) is 6.97. The van der Waals surface area contributed by atoms with Crippen molar-refractivity contribution in [3.05, 3.63) is 75.4 Å². The molecule has 7 nitrogen and oxygen atoms in total. The maximum Gasteiger partial charge on any atom is 0.338 e. The van der Waals surface area contributed by atoms with Crippen molar-refractivity contribution >= 4 is 39.6 Å². The van der Waals surface area contributed by atoms with Crippen molar-refractivity contribution in [1.29, 1.82) is 0 Å². The smallest absolute Gasteiger partial charge is 0.338 e. The van der Waals surface area contributed by atoms with E-state index in [2.05, 4.69) is 33.2 Å². The van der Waals surface area contributed by atoms with Gasteiger partial charge in [-0.2, -0.15) is 4.98 Å². The van der Waals surface area contributed by atoms with Gasteiger partial charge in [0.1, 0.15) is 18.4 Å². The Hall–Kier alpha value is -2.78. The van der Waals surface area contributed by atoms with Crippen LogP contribution in [0.25, 0.3) is 0 Å². The molecule has 4 rings (SSSR count). The van der Waals surface area contributed by atoms with Crippen LogP contribution in [0.5, 0.6) is 5.75 Å². The molecule has 2 heterocycles. The van der Waals surface area contributed by atoms with E-state index in [1.807, 2.05) is 62.4 Å². The Morgan fingerprint density at radius 2 is 1.97 bits per heavy atom. The van der Waals surface area contributed by atoms with Gasteiger partial charge < -0.3 is 14.8 Å². The van der Waals surface area contributed by atoms with Gasteiger partial charge in [-0.15, -0.1) is 5.10 Å². The van der Waals surface area contributed by atoms with Gasteiger partial charge in [-0.3, -0.25) is 0 Å². The van der Waals surface area contributed by atoms with Crippen LogP contribution < -0.4 is 10.1 Å². The average Bonchev–Trinajstić information content (AvgIpc) is 3.27. The summed E-state index contributed by atoms with van der Waals surface area (Å²) in [6.07, 6.45) is 1.76. The van der Waals surface area contributed by atoms with Gasteiger partial charge in [0.2, 0.25) is 11.1 Å². The van der Waals surface area contributed by atoms with Crippen LogP contribution in [0, 0.1) is 0 Å². The molecule has 0 radical (unpaired) electrons. The van der Waals surface area contributed by atoms with E-state index in [1.165, 1.54) is 0 Å². The molecule has 1 atom stereocenters. The summed E-state index contributed by atoms with van der Waals surface area (Å²) in [5.41, 5.74) is 3.04. The summed E-state index contributed by atoms with van der Waals surface area (Å²) in [6, 6.07) is 15.3. The van der Waals surface area contributed by atoms with Crippen molar-refractivity contribution in [3.63, 3.8) is 0 Å². The third kappa shape index (κ3) is 5.90. The molecule has 0 saturated carbocycles. The molecule has 1 aliphatic heterocycles. The molecule has 2 aromatic carbocycles. The van der Waals surface area contributed by atoms with Crippen LogP contribution in [0.2, 0.25) is 0 Å². The summed E-state index contributed by atoms with van der Waals surface area (Å²) in [4.78, 5) is 18.0. The topological polar surface area (TPSA) is 78.3 Å². The van der Waals surface area contributed by atoms with Gasteiger partial charge in [-0.05, 0) is 43.5 Å². The van der Waals surface area contributed by atoms with Crippen LogP contribution in [0.4, 0.5) is 5.95 Å². The summed E-state index contributed by atoms with van der Waals surface area (Å²) >= 11 is 5.19. The van der Waals surface area contributed by atoms with E-state index >= 15 is 0 Å². The molecule has 1 N–H and O–H groups in total. The zero-order valence-corrected chi connectivity index (χ0v) is 22.5. The van der Waals surface area contributed by atoms with Crippen LogP contribution in [0.3, 0.4) is 0 Å². The van der Waals surface area contributed by atoms with E-state index in [1.54, 1.807) is 16.4 Å². The van der Waals surface area contributed by atoms with Crippen molar-refractivity contribution < 1.29 is 14.3 Å². The fourth-order valence-corrected chi connectivity index (χ4v) is 4.87. The Morgan fingerprint density at radius 1 is 1.17 bits per heavy atom. The van der Waals surface area contributed by atoms with Gasteiger partial charge in [-0.1, -0.05) is 71.9 Å². The number of carbonyl (C=O) groups is 1. The second-order valence-corrected chi connectivity index (χ2v) is 10.1. The molecule has 0 aliphatic carbocycles. The first kappa shape index (κ1) is 25.3. The largest absolute Gasteiger partial charge is 0.489 e. The maximum atomic E-state index is 13.3. The average molecular weight is 558 g/mol. The number of nitrogens with one attached hydrogen (secondary N) is 1. The Bertz CT molecular complexity index is 1210. The normalized spacial score (nSPS) is 14.9. The fraction of sp³-hybridized carbons (Fsp3) is 0.346. The summed E-state index contributed by atoms with van der Waals surface area (Å²) < 4.78 is 14.5. The van der Waals surface area contributed by atoms with Crippen LogP contribution >= 0.6 is 27.7 Å². The third-order valence-electron chi connectivity index (χ3n) is 5.43. The molecule has 1 aromatic heterocycles. The molecule has 0 spiro atoms. The molecule has 1 unspecified atom stereocenters. The number of benzene rings is 2. The van der Waals surface area contributed by atoms with Crippen molar-refractivity contribution in [2.24, 2.45) is 0 Å². The number of allylic oxidation sites excluding steroid dienone is 1. The number of halogens is 1. The molecule has 0 fully saturated rings. The fourth-order valence-electron chi connectivity index (χ4n) is 3.81. The number of rotatable bonds is 10. The Kier molecular flexibility index (Phi) is 8.51. The summed E-state index contributed by atoms with van der Waals surface area (Å²) in [5.74, 6) is 1.79. The van der Waals surface area contributed by atoms with E-state index < -0.39 is 6.04 Å². The number of thioether (sulfide) groups is 1. The predicted octanol–water partition coefficient (Wildman–Crippen LogP) is 6.36. The lowest BCUT2D eigenvalue weighted by Gasteiger charge is -2.29. The van der Waals surface area contributed by atoms with Gasteiger partial charge in [0, 0.05) is 21.5 Å². The number of hydrogen-bond donors (Lipinski definition) is 1. The van der Waals surface area contributed by atoms with E-state index in [0.717, 1.165) is 34.2 Å². The van der Waals surface area contributed by atoms with E-state index in [0.29, 0.717) is 41.3 Å². The molecule has 35 heavy (non-hydrogen) atoms. The molecule has 3 aromatic rings. The van der Waals surface area contributed by atoms with E-state index in [-0.39, 0.29) is 5.97 Å². The van der Waals surface area contributed by atoms with Crippen LogP contribution in [-0.2, 0) is 16.1 Å². The number of hydrogen-bond acceptors (Lipinski definition) is 7. The maximum absolute atomic E-state index is 13.3. The van der Waals surface area contributed by atoms with E-state index in [9.17, 15) is 4.79 Å². The first-order chi connectivity index (χ1) is 17.0. The number of carbonyl (C=O) groups excluding carboxylic acids is 1. The van der Waals surface area contributed by atoms with Crippen molar-refractivity contribution in [1.82, 2.24) is 14.8 Å². The monoisotopic (exact) mass is 556 g/mol. The van der Waals surface area contributed by atoms with Crippen molar-refractivity contribution in [3.8, 4) is 5.75 Å². The first-order valence-corrected chi connectivity index (χ1v) is 13.5. The second-order valence-electron chi connectivity index (χ2n) is 8.17. The van der Waals surface area contributed by atoms with Crippen molar-refractivity contribution in [2.75, 3.05) is 17.7 Å². The standard InChI is InChI=1S/C26H29BrN4O3S/c1-4-13-33-24(32)22-17(3)28-25-29-26(35-14-5-2)30-31(25)23(22)20-15-19(27)11-12-21(20)34-16-18-9-7-6-8-10-18/h6-12,15,23H,4-5,13-14,16H2,1-3H3,(H,28,29,30). The Morgan fingerprint density at radius 3 is 2.71 bits per heavy atom. The number of nitrogens with zero attached hydrogens (tertiary/aromatic N) is 3. The number of fused-ring (bicyclic) bond motifs is 1. The van der Waals surface area contributed by atoms with Crippen molar-refractivity contribution in [2.45, 2.75) is 51.4 Å². The highest BCUT2D eigenvalue weighted by Gasteiger charge is 2.37. The highest BCUT2D eigenvalue weighted by Crippen LogP contribution is 2.41. The van der Waals surface area contributed by atoms with Gasteiger partial charge in [0.05, 0.1) is 12.2 Å². The summed E-state index contributed by atoms with van der Waals surface area (Å²) in [6.45, 7) is 6.72. The van der Waals surface area contributed by atoms with Crippen LogP contribution in [0.1, 0.15) is 50.8 Å². The molecule has 184 valence electrons. The van der Waals surface area contributed by atoms with Crippen LogP contribution in [-0.4, -0.2) is 33.1 Å². The molecule has 0 amide bonds. The Balaban J connectivity index is 1.79. The Labute approximate surface area is 218 Å². The lowest BCUT2D eigenvalue weighted by atomic mass is 9.95. The molecular weight excluding hydrogens is 528 g/mol. The quantitative estimate of drug-likeness (QED) is 0.230. The minimum atomic E-state index is -0.553. The predicted molar refractivity (Wildman–Crippen MR) is 142 cm³/mol. The zero-order chi connectivity index (χ0) is 24.8. The van der Waals surface area contributed by atoms with Gasteiger partial charge in [0.15, 0.2) is 0 Å². The molecule has 0 bridgehead atoms. The molecule has 0 saturated heterocycles. The molecule has 9 heteroatoms. The number of esters is 1. The van der Waals surface area contributed by atoms with Gasteiger partial charge in [0.25, 0.3) is 0 Å². The minimum absolute atomic E-state index is 0.347. The summed E-state index contributed by atoms with van der Waals surface area (Å²) in [7, 11) is 0. The number of ether oxygens (including phenoxy) is 2. The lowest BCUT2D eigenvalue weighted by Crippen LogP contribution is -2.30. The van der Waals surface area contributed by atoms with E-state index in [4.69, 9.17) is 14.6 Å². The second kappa shape index (κ2) is 11.8. The van der Waals surface area contributed by atoms with Gasteiger partial charge >= 0.3 is 5.97 Å². The van der Waals surface area contributed by atoms with Gasteiger partial charge in [-0.25, -0.2) is 9.48 Å². The summed E-state index contributed by atoms with van der Waals surface area (Å²) in [5, 5.41) is 8.70.